The van der Waals surface area contributed by atoms with Gasteiger partial charge >= 0.3 is 18.4 Å². The Kier molecular flexibility index (Phi) is 10.9. The van der Waals surface area contributed by atoms with Gasteiger partial charge in [-0.05, 0) is 72.7 Å². The van der Waals surface area contributed by atoms with Gasteiger partial charge < -0.3 is 24.2 Å². The molecule has 39 heavy (non-hydrogen) atoms. The minimum absolute atomic E-state index is 0.0171. The van der Waals surface area contributed by atoms with Gasteiger partial charge in [0.2, 0.25) is 0 Å². The SMILES string of the molecule is CC.CCOC(=O)N1CCC(C(O)c2cc(C(F)(F)F)cc(C(F)(F)F)c2)Cc2cc(OC)c(OC)cc2C1. The van der Waals surface area contributed by atoms with E-state index in [1.807, 2.05) is 13.8 Å². The number of hydrogen-bond acceptors (Lipinski definition) is 5. The van der Waals surface area contributed by atoms with Crippen molar-refractivity contribution in [2.45, 2.75) is 58.6 Å². The molecule has 218 valence electrons. The Labute approximate surface area is 223 Å². The van der Waals surface area contributed by atoms with Crippen molar-refractivity contribution in [3.05, 3.63) is 58.1 Å². The molecule has 0 radical (unpaired) electrons. The van der Waals surface area contributed by atoms with Crippen LogP contribution in [0.5, 0.6) is 11.5 Å². The normalized spacial score (nSPS) is 16.6. The second-order valence-electron chi connectivity index (χ2n) is 8.63. The van der Waals surface area contributed by atoms with Crippen LogP contribution in [0.15, 0.2) is 30.3 Å². The molecule has 0 saturated carbocycles. The molecule has 0 fully saturated rings. The van der Waals surface area contributed by atoms with Gasteiger partial charge in [-0.2, -0.15) is 26.3 Å². The molecule has 2 atom stereocenters. The van der Waals surface area contributed by atoms with Crippen LogP contribution in [0.1, 0.15) is 61.1 Å². The van der Waals surface area contributed by atoms with Gasteiger partial charge in [-0.1, -0.05) is 13.8 Å². The Bertz CT molecular complexity index is 1090. The summed E-state index contributed by atoms with van der Waals surface area (Å²) in [5.41, 5.74) is -2.33. The number of hydrogen-bond donors (Lipinski definition) is 1. The average Bonchev–Trinajstić information content (AvgIpc) is 2.88. The quantitative estimate of drug-likeness (QED) is 0.395. The summed E-state index contributed by atoms with van der Waals surface area (Å²) in [6.45, 7) is 5.91. The Morgan fingerprint density at radius 1 is 0.949 bits per heavy atom. The van der Waals surface area contributed by atoms with E-state index in [4.69, 9.17) is 14.2 Å². The molecule has 0 aromatic heterocycles. The molecule has 3 rings (SSSR count). The number of alkyl halides is 6. The fraction of sp³-hybridized carbons (Fsp3) is 0.519. The molecule has 0 spiro atoms. The van der Waals surface area contributed by atoms with Gasteiger partial charge in [0.05, 0.1) is 38.1 Å². The standard InChI is InChI=1S/C25H27F6NO5.C2H6/c1-4-37-23(34)32-6-5-14(7-15-10-20(35-2)21(36-3)11-17(15)13-32)22(33)16-8-18(24(26,27)28)12-19(9-16)25(29,30)31;1-2/h8-12,14,22,33H,4-7,13H2,1-3H3;1-2H3. The van der Waals surface area contributed by atoms with Crippen molar-refractivity contribution in [2.24, 2.45) is 5.92 Å². The lowest BCUT2D eigenvalue weighted by Gasteiger charge is -2.32. The Hall–Kier alpha value is -3.15. The van der Waals surface area contributed by atoms with E-state index >= 15 is 0 Å². The van der Waals surface area contributed by atoms with E-state index in [0.29, 0.717) is 34.8 Å². The smallest absolute Gasteiger partial charge is 0.416 e. The molecular weight excluding hydrogens is 532 g/mol. The summed E-state index contributed by atoms with van der Waals surface area (Å²) in [4.78, 5) is 13.9. The molecule has 12 heteroatoms. The fourth-order valence-corrected chi connectivity index (χ4v) is 4.35. The van der Waals surface area contributed by atoms with Crippen LogP contribution in [-0.4, -0.2) is 43.5 Å². The maximum atomic E-state index is 13.4. The molecule has 1 aliphatic rings. The molecule has 6 nitrogen and oxygen atoms in total. The van der Waals surface area contributed by atoms with Gasteiger partial charge in [0.15, 0.2) is 11.5 Å². The molecule has 2 aromatic carbocycles. The zero-order valence-corrected chi connectivity index (χ0v) is 22.4. The lowest BCUT2D eigenvalue weighted by Crippen LogP contribution is -2.36. The number of aliphatic hydroxyl groups excluding tert-OH is 1. The summed E-state index contributed by atoms with van der Waals surface area (Å²) in [5.74, 6) is -0.120. The molecular formula is C27H33F6NO5. The van der Waals surface area contributed by atoms with Crippen LogP contribution in [0.4, 0.5) is 31.1 Å². The first-order valence-electron chi connectivity index (χ1n) is 12.4. The first-order valence-corrected chi connectivity index (χ1v) is 12.4. The zero-order valence-electron chi connectivity index (χ0n) is 22.4. The Morgan fingerprint density at radius 2 is 1.46 bits per heavy atom. The summed E-state index contributed by atoms with van der Waals surface area (Å²) in [6, 6.07) is 4.33. The van der Waals surface area contributed by atoms with Gasteiger partial charge in [-0.3, -0.25) is 0 Å². The van der Waals surface area contributed by atoms with Crippen LogP contribution in [0, 0.1) is 5.92 Å². The number of methoxy groups -OCH3 is 2. The van der Waals surface area contributed by atoms with E-state index in [1.54, 1.807) is 19.1 Å². The highest BCUT2D eigenvalue weighted by Gasteiger charge is 2.38. The maximum Gasteiger partial charge on any atom is 0.416 e. The van der Waals surface area contributed by atoms with E-state index in [9.17, 15) is 36.2 Å². The molecule has 1 heterocycles. The third kappa shape index (κ3) is 7.93. The Morgan fingerprint density at radius 3 is 1.92 bits per heavy atom. The zero-order chi connectivity index (χ0) is 29.5. The number of aliphatic hydroxyl groups is 1. The highest BCUT2D eigenvalue weighted by Crippen LogP contribution is 2.41. The van der Waals surface area contributed by atoms with Crippen molar-refractivity contribution in [2.75, 3.05) is 27.4 Å². The third-order valence-electron chi connectivity index (χ3n) is 6.24. The number of halogens is 6. The van der Waals surface area contributed by atoms with Crippen LogP contribution in [-0.2, 0) is 30.1 Å². The topological polar surface area (TPSA) is 68.2 Å². The number of rotatable bonds is 5. The number of carbonyl (C=O) groups excluding carboxylic acids is 1. The van der Waals surface area contributed by atoms with Crippen molar-refractivity contribution in [3.63, 3.8) is 0 Å². The summed E-state index contributed by atoms with van der Waals surface area (Å²) in [6.07, 6.45) is -12.2. The van der Waals surface area contributed by atoms with Crippen LogP contribution < -0.4 is 9.47 Å². The molecule has 1 N–H and O–H groups in total. The van der Waals surface area contributed by atoms with Crippen molar-refractivity contribution < 1.29 is 50.5 Å². The summed E-state index contributed by atoms with van der Waals surface area (Å²) in [5, 5.41) is 11.1. The summed E-state index contributed by atoms with van der Waals surface area (Å²) >= 11 is 0. The molecule has 2 unspecified atom stereocenters. The lowest BCUT2D eigenvalue weighted by atomic mass is 9.83. The second kappa shape index (κ2) is 13.3. The molecule has 2 aromatic rings. The fourth-order valence-electron chi connectivity index (χ4n) is 4.35. The van der Waals surface area contributed by atoms with Gasteiger partial charge in [0.1, 0.15) is 0 Å². The second-order valence-corrected chi connectivity index (χ2v) is 8.63. The van der Waals surface area contributed by atoms with Crippen molar-refractivity contribution in [3.8, 4) is 11.5 Å². The Balaban J connectivity index is 0.00000260. The lowest BCUT2D eigenvalue weighted by molar-refractivity contribution is -0.143. The first-order chi connectivity index (χ1) is 18.3. The molecule has 1 aliphatic heterocycles. The van der Waals surface area contributed by atoms with Crippen molar-refractivity contribution in [1.82, 2.24) is 4.90 Å². The molecule has 0 bridgehead atoms. The van der Waals surface area contributed by atoms with Gasteiger partial charge in [0, 0.05) is 13.1 Å². The minimum atomic E-state index is -5.05. The van der Waals surface area contributed by atoms with E-state index < -0.39 is 47.2 Å². The number of amides is 1. The molecule has 0 aliphatic carbocycles. The maximum absolute atomic E-state index is 13.4. The van der Waals surface area contributed by atoms with Crippen LogP contribution >= 0.6 is 0 Å². The minimum Gasteiger partial charge on any atom is -0.493 e. The van der Waals surface area contributed by atoms with E-state index in [0.717, 1.165) is 0 Å². The van der Waals surface area contributed by atoms with Crippen LogP contribution in [0.25, 0.3) is 0 Å². The monoisotopic (exact) mass is 565 g/mol. The first kappa shape index (κ1) is 32.1. The van der Waals surface area contributed by atoms with Crippen LogP contribution in [0.2, 0.25) is 0 Å². The summed E-state index contributed by atoms with van der Waals surface area (Å²) in [7, 11) is 2.83. The molecule has 1 amide bonds. The average molecular weight is 566 g/mol. The summed E-state index contributed by atoms with van der Waals surface area (Å²) < 4.78 is 96.1. The molecule has 0 saturated heterocycles. The number of carbonyl (C=O) groups is 1. The van der Waals surface area contributed by atoms with Crippen molar-refractivity contribution in [1.29, 1.82) is 0 Å². The van der Waals surface area contributed by atoms with Crippen LogP contribution in [0.3, 0.4) is 0 Å². The van der Waals surface area contributed by atoms with Gasteiger partial charge in [0.25, 0.3) is 0 Å². The predicted molar refractivity (Wildman–Crippen MR) is 132 cm³/mol. The largest absolute Gasteiger partial charge is 0.493 e. The number of benzene rings is 2. The highest BCUT2D eigenvalue weighted by atomic mass is 19.4. The van der Waals surface area contributed by atoms with E-state index in [1.165, 1.54) is 19.1 Å². The van der Waals surface area contributed by atoms with Gasteiger partial charge in [-0.15, -0.1) is 0 Å². The highest BCUT2D eigenvalue weighted by molar-refractivity contribution is 5.68. The number of ether oxygens (including phenoxy) is 3. The van der Waals surface area contributed by atoms with E-state index in [2.05, 4.69) is 0 Å². The van der Waals surface area contributed by atoms with E-state index in [-0.39, 0.29) is 38.6 Å². The predicted octanol–water partition coefficient (Wildman–Crippen LogP) is 7.02. The van der Waals surface area contributed by atoms with Gasteiger partial charge in [-0.25, -0.2) is 4.79 Å². The number of fused-ring (bicyclic) bond motifs is 1. The van der Waals surface area contributed by atoms with Crippen molar-refractivity contribution >= 4 is 6.09 Å². The third-order valence-corrected chi connectivity index (χ3v) is 6.24. The number of nitrogens with zero attached hydrogens (tertiary/aromatic N) is 1.